The van der Waals surface area contributed by atoms with E-state index in [0.717, 1.165) is 21.8 Å². The van der Waals surface area contributed by atoms with E-state index in [1.54, 1.807) is 6.92 Å². The summed E-state index contributed by atoms with van der Waals surface area (Å²) < 4.78 is 5.79. The molecule has 8 heteroatoms. The highest BCUT2D eigenvalue weighted by atomic mass is 16.6. The first-order valence-corrected chi connectivity index (χ1v) is 8.82. The lowest BCUT2D eigenvalue weighted by atomic mass is 9.92. The third-order valence-electron chi connectivity index (χ3n) is 4.90. The fraction of sp³-hybridized carbons (Fsp3) is 0.300. The third kappa shape index (κ3) is 3.40. The third-order valence-corrected chi connectivity index (χ3v) is 4.90. The van der Waals surface area contributed by atoms with Gasteiger partial charge in [0.2, 0.25) is 0 Å². The predicted octanol–water partition coefficient (Wildman–Crippen LogP) is 3.06. The second-order valence-electron chi connectivity index (χ2n) is 6.89. The topological polar surface area (TPSA) is 102 Å². The van der Waals surface area contributed by atoms with Crippen LogP contribution >= 0.6 is 0 Å². The van der Waals surface area contributed by atoms with Gasteiger partial charge in [-0.15, -0.1) is 0 Å². The number of nitro groups is 1. The Kier molecular flexibility index (Phi) is 5.04. The minimum Gasteiger partial charge on any atom is -0.491 e. The molecule has 1 fully saturated rings. The monoisotopic (exact) mass is 383 g/mol. The summed E-state index contributed by atoms with van der Waals surface area (Å²) in [4.78, 5) is 36.6. The van der Waals surface area contributed by atoms with Crippen LogP contribution in [0.15, 0.2) is 42.5 Å². The number of amides is 3. The number of imide groups is 1. The van der Waals surface area contributed by atoms with E-state index < -0.39 is 22.4 Å². The van der Waals surface area contributed by atoms with Gasteiger partial charge in [0, 0.05) is 12.1 Å². The second kappa shape index (κ2) is 7.30. The minimum absolute atomic E-state index is 0.0806. The molecule has 0 radical (unpaired) electrons. The highest BCUT2D eigenvalue weighted by Crippen LogP contribution is 2.30. The molecule has 0 aromatic heterocycles. The number of rotatable bonds is 6. The van der Waals surface area contributed by atoms with Crippen molar-refractivity contribution >= 4 is 17.6 Å². The number of hydrogen-bond acceptors (Lipinski definition) is 5. The fourth-order valence-electron chi connectivity index (χ4n) is 3.28. The van der Waals surface area contributed by atoms with Crippen LogP contribution in [-0.4, -0.2) is 34.9 Å². The van der Waals surface area contributed by atoms with Gasteiger partial charge >= 0.3 is 6.03 Å². The van der Waals surface area contributed by atoms with Gasteiger partial charge in [-0.2, -0.15) is 0 Å². The van der Waals surface area contributed by atoms with Crippen molar-refractivity contribution in [3.05, 3.63) is 69.3 Å². The predicted molar refractivity (Wildman–Crippen MR) is 102 cm³/mol. The van der Waals surface area contributed by atoms with E-state index in [0.29, 0.717) is 5.56 Å². The number of urea groups is 1. The molecule has 8 nitrogen and oxygen atoms in total. The number of benzene rings is 2. The standard InChI is InChI=1S/C20H21N3O5/c1-13-5-4-6-14(2)17(13)28-12-11-22-18(24)20(3,21-19(22)25)15-7-9-16(10-8-15)23(26)27/h4-10H,11-12H2,1-3H3,(H,21,25). The average molecular weight is 383 g/mol. The van der Waals surface area contributed by atoms with Crippen LogP contribution in [0.3, 0.4) is 0 Å². The van der Waals surface area contributed by atoms with Crippen molar-refractivity contribution in [1.29, 1.82) is 0 Å². The summed E-state index contributed by atoms with van der Waals surface area (Å²) in [7, 11) is 0. The molecule has 0 bridgehead atoms. The molecule has 1 unspecified atom stereocenters. The Balaban J connectivity index is 1.71. The van der Waals surface area contributed by atoms with Gasteiger partial charge in [-0.3, -0.25) is 19.8 Å². The Morgan fingerprint density at radius 2 is 1.71 bits per heavy atom. The molecule has 146 valence electrons. The van der Waals surface area contributed by atoms with Crippen LogP contribution in [0.2, 0.25) is 0 Å². The summed E-state index contributed by atoms with van der Waals surface area (Å²) in [6.45, 7) is 5.71. The largest absolute Gasteiger partial charge is 0.491 e. The van der Waals surface area contributed by atoms with Crippen molar-refractivity contribution in [1.82, 2.24) is 10.2 Å². The Hall–Kier alpha value is -3.42. The van der Waals surface area contributed by atoms with Crippen LogP contribution in [0, 0.1) is 24.0 Å². The average Bonchev–Trinajstić information content (AvgIpc) is 2.88. The molecule has 3 amide bonds. The van der Waals surface area contributed by atoms with Gasteiger partial charge in [0.15, 0.2) is 0 Å². The molecule has 2 aromatic rings. The van der Waals surface area contributed by atoms with Gasteiger partial charge in [0.05, 0.1) is 11.5 Å². The molecule has 1 heterocycles. The molecular formula is C20H21N3O5. The zero-order valence-corrected chi connectivity index (χ0v) is 15.9. The number of carbonyl (C=O) groups excluding carboxylic acids is 2. The summed E-state index contributed by atoms with van der Waals surface area (Å²) in [5.74, 6) is 0.323. The Bertz CT molecular complexity index is 921. The van der Waals surface area contributed by atoms with E-state index in [-0.39, 0.29) is 18.8 Å². The van der Waals surface area contributed by atoms with Gasteiger partial charge in [-0.05, 0) is 49.6 Å². The first kappa shape index (κ1) is 19.3. The molecule has 0 spiro atoms. The van der Waals surface area contributed by atoms with Crippen molar-refractivity contribution in [2.24, 2.45) is 0 Å². The van der Waals surface area contributed by atoms with Crippen LogP contribution in [0.4, 0.5) is 10.5 Å². The summed E-state index contributed by atoms with van der Waals surface area (Å²) in [6.07, 6.45) is 0. The first-order valence-electron chi connectivity index (χ1n) is 8.82. The molecular weight excluding hydrogens is 362 g/mol. The van der Waals surface area contributed by atoms with Crippen LogP contribution in [0.5, 0.6) is 5.75 Å². The molecule has 3 rings (SSSR count). The summed E-state index contributed by atoms with van der Waals surface area (Å²) in [5, 5.41) is 13.5. The summed E-state index contributed by atoms with van der Waals surface area (Å²) >= 11 is 0. The van der Waals surface area contributed by atoms with Crippen molar-refractivity contribution in [2.75, 3.05) is 13.2 Å². The van der Waals surface area contributed by atoms with Gasteiger partial charge in [0.1, 0.15) is 17.9 Å². The summed E-state index contributed by atoms with van der Waals surface area (Å²) in [5.41, 5.74) is 1.09. The van der Waals surface area contributed by atoms with Crippen molar-refractivity contribution in [3.8, 4) is 5.75 Å². The molecule has 2 aromatic carbocycles. The molecule has 1 saturated heterocycles. The Morgan fingerprint density at radius 1 is 1.11 bits per heavy atom. The molecule has 1 atom stereocenters. The number of nitrogens with one attached hydrogen (secondary N) is 1. The van der Waals surface area contributed by atoms with Crippen molar-refractivity contribution in [2.45, 2.75) is 26.3 Å². The first-order chi connectivity index (χ1) is 13.2. The Labute approximate surface area is 162 Å². The smallest absolute Gasteiger partial charge is 0.325 e. The number of non-ortho nitro benzene ring substituents is 1. The van der Waals surface area contributed by atoms with E-state index in [2.05, 4.69) is 5.32 Å². The normalized spacial score (nSPS) is 18.9. The number of nitro benzene ring substituents is 1. The summed E-state index contributed by atoms with van der Waals surface area (Å²) in [6, 6.07) is 10.9. The van der Waals surface area contributed by atoms with Gasteiger partial charge in [0.25, 0.3) is 11.6 Å². The van der Waals surface area contributed by atoms with E-state index in [1.165, 1.54) is 24.3 Å². The molecule has 1 aliphatic heterocycles. The minimum atomic E-state index is -1.27. The zero-order valence-electron chi connectivity index (χ0n) is 15.9. The van der Waals surface area contributed by atoms with E-state index in [9.17, 15) is 19.7 Å². The van der Waals surface area contributed by atoms with Gasteiger partial charge in [-0.25, -0.2) is 4.79 Å². The van der Waals surface area contributed by atoms with Crippen LogP contribution < -0.4 is 10.1 Å². The van der Waals surface area contributed by atoms with Crippen LogP contribution in [-0.2, 0) is 10.3 Å². The van der Waals surface area contributed by atoms with E-state index in [1.807, 2.05) is 32.0 Å². The maximum absolute atomic E-state index is 12.9. The SMILES string of the molecule is Cc1cccc(C)c1OCCN1C(=O)NC(C)(c2ccc([N+](=O)[O-])cc2)C1=O. The zero-order chi connectivity index (χ0) is 20.5. The quantitative estimate of drug-likeness (QED) is 0.469. The lowest BCUT2D eigenvalue weighted by Crippen LogP contribution is -2.41. The lowest BCUT2D eigenvalue weighted by molar-refractivity contribution is -0.384. The van der Waals surface area contributed by atoms with Crippen molar-refractivity contribution in [3.63, 3.8) is 0 Å². The number of para-hydroxylation sites is 1. The molecule has 1 aliphatic rings. The van der Waals surface area contributed by atoms with E-state index in [4.69, 9.17) is 4.74 Å². The van der Waals surface area contributed by atoms with E-state index >= 15 is 0 Å². The number of carbonyl (C=O) groups is 2. The number of hydrogen-bond donors (Lipinski definition) is 1. The van der Waals surface area contributed by atoms with Gasteiger partial charge < -0.3 is 10.1 Å². The Morgan fingerprint density at radius 3 is 2.29 bits per heavy atom. The maximum atomic E-state index is 12.9. The molecule has 0 saturated carbocycles. The second-order valence-corrected chi connectivity index (χ2v) is 6.89. The molecule has 28 heavy (non-hydrogen) atoms. The number of ether oxygens (including phenoxy) is 1. The molecule has 1 N–H and O–H groups in total. The molecule has 0 aliphatic carbocycles. The number of nitrogens with zero attached hydrogens (tertiary/aromatic N) is 2. The van der Waals surface area contributed by atoms with Crippen LogP contribution in [0.1, 0.15) is 23.6 Å². The van der Waals surface area contributed by atoms with Crippen molar-refractivity contribution < 1.29 is 19.2 Å². The highest BCUT2D eigenvalue weighted by Gasteiger charge is 2.48. The maximum Gasteiger partial charge on any atom is 0.325 e. The highest BCUT2D eigenvalue weighted by molar-refractivity contribution is 6.07. The van der Waals surface area contributed by atoms with Crippen LogP contribution in [0.25, 0.3) is 0 Å². The lowest BCUT2D eigenvalue weighted by Gasteiger charge is -2.22. The van der Waals surface area contributed by atoms with Gasteiger partial charge in [-0.1, -0.05) is 18.2 Å². The number of aryl methyl sites for hydroxylation is 2. The fourth-order valence-corrected chi connectivity index (χ4v) is 3.28.